The second-order valence-corrected chi connectivity index (χ2v) is 9.48. The second kappa shape index (κ2) is 7.66. The van der Waals surface area contributed by atoms with Crippen LogP contribution >= 0.6 is 35.6 Å². The average molecular weight is 446 g/mol. The number of hydrogen-bond donors (Lipinski definition) is 2. The van der Waals surface area contributed by atoms with Gasteiger partial charge in [-0.2, -0.15) is 0 Å². The molecule has 5 rings (SSSR count). The molecule has 1 unspecified atom stereocenters. The van der Waals surface area contributed by atoms with E-state index < -0.39 is 0 Å². The van der Waals surface area contributed by atoms with Crippen LogP contribution in [0.25, 0.3) is 11.3 Å². The number of imidazole rings is 1. The maximum Gasteiger partial charge on any atom is 0.284 e. The molecule has 29 heavy (non-hydrogen) atoms. The Labute approximate surface area is 182 Å². The molecule has 1 fully saturated rings. The fraction of sp³-hybridized carbons (Fsp3) is 0.350. The zero-order valence-electron chi connectivity index (χ0n) is 15.8. The highest BCUT2D eigenvalue weighted by Gasteiger charge is 2.43. The predicted octanol–water partition coefficient (Wildman–Crippen LogP) is 5.29. The molecular formula is C20H20ClN5OS2. The number of hydrogen-bond acceptors (Lipinski definition) is 6. The van der Waals surface area contributed by atoms with Gasteiger partial charge >= 0.3 is 0 Å². The topological polar surface area (TPSA) is 71.7 Å². The Morgan fingerprint density at radius 3 is 2.79 bits per heavy atom. The number of nitrogens with zero attached hydrogens (tertiary/aromatic N) is 3. The maximum absolute atomic E-state index is 6.07. The molecule has 3 heterocycles. The molecule has 2 N–H and O–H groups in total. The molecule has 1 aliphatic carbocycles. The smallest absolute Gasteiger partial charge is 0.284 e. The summed E-state index contributed by atoms with van der Waals surface area (Å²) in [5, 5.41) is 12.6. The molecule has 6 nitrogen and oxygen atoms in total. The summed E-state index contributed by atoms with van der Waals surface area (Å²) >= 11 is 12.8. The monoisotopic (exact) mass is 445 g/mol. The van der Waals surface area contributed by atoms with Crippen molar-refractivity contribution in [2.75, 3.05) is 0 Å². The zero-order valence-corrected chi connectivity index (χ0v) is 18.2. The van der Waals surface area contributed by atoms with Crippen LogP contribution in [0.2, 0.25) is 0 Å². The van der Waals surface area contributed by atoms with Crippen molar-refractivity contribution < 1.29 is 4.42 Å². The lowest BCUT2D eigenvalue weighted by molar-refractivity contribution is 0.480. The lowest BCUT2D eigenvalue weighted by Gasteiger charge is -2.21. The van der Waals surface area contributed by atoms with Gasteiger partial charge in [0.2, 0.25) is 5.89 Å². The van der Waals surface area contributed by atoms with Crippen LogP contribution in [0.3, 0.4) is 0 Å². The first-order valence-corrected chi connectivity index (χ1v) is 11.2. The Balaban J connectivity index is 1.33. The average Bonchev–Trinajstić information content (AvgIpc) is 3.28. The van der Waals surface area contributed by atoms with Crippen molar-refractivity contribution in [3.63, 3.8) is 0 Å². The summed E-state index contributed by atoms with van der Waals surface area (Å²) < 4.78 is 7.55. The Morgan fingerprint density at radius 2 is 2.10 bits per heavy atom. The number of allylic oxidation sites excluding steroid dienone is 1. The summed E-state index contributed by atoms with van der Waals surface area (Å²) in [5.74, 6) is 1.46. The van der Waals surface area contributed by atoms with E-state index >= 15 is 0 Å². The van der Waals surface area contributed by atoms with Crippen LogP contribution in [0.4, 0.5) is 0 Å². The Morgan fingerprint density at radius 1 is 1.28 bits per heavy atom. The molecule has 1 aromatic carbocycles. The summed E-state index contributed by atoms with van der Waals surface area (Å²) in [6.07, 6.45) is 6.72. The molecule has 0 amide bonds. The number of thioether (sulfide) groups is 1. The molecular weight excluding hydrogens is 426 g/mol. The summed E-state index contributed by atoms with van der Waals surface area (Å²) in [6.45, 7) is 0. The molecule has 0 saturated heterocycles. The first kappa shape index (κ1) is 19.0. The standard InChI is InChI=1S/C20H20ClN5OS2/c1-26-10-23-17(19(26)29-16-7-6-13(21)9-22-16)12-4-2-11(3-5-12)14-8-15(14)18-24-25-20(28)27-18/h2-5,9-10,14-16,22H,6-8H2,1H3,(H,25,28)/t14-,15+,16?/m1/s1. The van der Waals surface area contributed by atoms with Gasteiger partial charge in [-0.1, -0.05) is 47.6 Å². The maximum atomic E-state index is 6.07. The second-order valence-electron chi connectivity index (χ2n) is 7.43. The highest BCUT2D eigenvalue weighted by molar-refractivity contribution is 8.00. The van der Waals surface area contributed by atoms with Crippen LogP contribution in [0.15, 0.2) is 51.3 Å². The zero-order chi connectivity index (χ0) is 20.0. The highest BCUT2D eigenvalue weighted by Crippen LogP contribution is 2.54. The van der Waals surface area contributed by atoms with Gasteiger partial charge in [-0.05, 0) is 43.0 Å². The largest absolute Gasteiger partial charge is 0.414 e. The molecule has 1 saturated carbocycles. The molecule has 3 atom stereocenters. The SMILES string of the molecule is Cn1cnc(-c2ccc([C@H]3C[C@@H]3c3n[nH]c(=S)o3)cc2)c1SC1CCC(Cl)=CN1. The number of aryl methyl sites for hydroxylation is 1. The van der Waals surface area contributed by atoms with Crippen molar-refractivity contribution >= 4 is 35.6 Å². The van der Waals surface area contributed by atoms with E-state index in [1.54, 1.807) is 11.8 Å². The minimum atomic E-state index is 0.296. The number of rotatable bonds is 5. The first-order valence-electron chi connectivity index (χ1n) is 9.53. The van der Waals surface area contributed by atoms with Crippen LogP contribution in [0.5, 0.6) is 0 Å². The van der Waals surface area contributed by atoms with Gasteiger partial charge < -0.3 is 14.3 Å². The third-order valence-electron chi connectivity index (χ3n) is 5.38. The van der Waals surface area contributed by atoms with Crippen LogP contribution in [0.1, 0.15) is 42.6 Å². The molecule has 2 aromatic heterocycles. The van der Waals surface area contributed by atoms with Crippen LogP contribution in [-0.4, -0.2) is 25.1 Å². The lowest BCUT2D eigenvalue weighted by atomic mass is 10.1. The van der Waals surface area contributed by atoms with Gasteiger partial charge in [-0.3, -0.25) is 0 Å². The van der Waals surface area contributed by atoms with Crippen LogP contribution < -0.4 is 5.32 Å². The van der Waals surface area contributed by atoms with E-state index in [-0.39, 0.29) is 0 Å². The summed E-state index contributed by atoms with van der Waals surface area (Å²) in [4.78, 5) is 4.99. The van der Waals surface area contributed by atoms with Gasteiger partial charge in [0.05, 0.1) is 11.7 Å². The molecule has 1 aliphatic heterocycles. The van der Waals surface area contributed by atoms with Crippen molar-refractivity contribution in [2.24, 2.45) is 7.05 Å². The van der Waals surface area contributed by atoms with Crippen LogP contribution in [-0.2, 0) is 7.05 Å². The molecule has 9 heteroatoms. The quantitative estimate of drug-likeness (QED) is 0.520. The van der Waals surface area contributed by atoms with E-state index in [9.17, 15) is 0 Å². The van der Waals surface area contributed by atoms with E-state index in [2.05, 4.69) is 49.3 Å². The van der Waals surface area contributed by atoms with Gasteiger partial charge in [0.25, 0.3) is 4.84 Å². The molecule has 0 spiro atoms. The fourth-order valence-corrected chi connectivity index (χ4v) is 5.16. The van der Waals surface area contributed by atoms with Crippen molar-refractivity contribution in [1.82, 2.24) is 25.1 Å². The normalized spacial score (nSPS) is 23.5. The van der Waals surface area contributed by atoms with Crippen molar-refractivity contribution in [2.45, 2.75) is 41.5 Å². The number of halogens is 1. The van der Waals surface area contributed by atoms with Gasteiger partial charge in [-0.15, -0.1) is 5.10 Å². The Bertz CT molecular complexity index is 1120. The number of H-pyrrole nitrogens is 1. The van der Waals surface area contributed by atoms with Crippen molar-refractivity contribution in [1.29, 1.82) is 0 Å². The number of aromatic nitrogens is 4. The molecule has 0 bridgehead atoms. The van der Waals surface area contributed by atoms with Crippen molar-refractivity contribution in [3.8, 4) is 11.3 Å². The molecule has 150 valence electrons. The number of benzene rings is 1. The van der Waals surface area contributed by atoms with Crippen LogP contribution in [0, 0.1) is 4.84 Å². The molecule has 2 aliphatic rings. The van der Waals surface area contributed by atoms with E-state index in [0.29, 0.717) is 27.9 Å². The van der Waals surface area contributed by atoms with E-state index in [4.69, 9.17) is 28.2 Å². The minimum absolute atomic E-state index is 0.296. The van der Waals surface area contributed by atoms with E-state index in [1.807, 2.05) is 19.6 Å². The minimum Gasteiger partial charge on any atom is -0.414 e. The highest BCUT2D eigenvalue weighted by atomic mass is 35.5. The van der Waals surface area contributed by atoms with Gasteiger partial charge in [0.15, 0.2) is 0 Å². The Hall–Kier alpha value is -2.03. The summed E-state index contributed by atoms with van der Waals surface area (Å²) in [5.41, 5.74) is 3.43. The lowest BCUT2D eigenvalue weighted by Crippen LogP contribution is -2.24. The van der Waals surface area contributed by atoms with Gasteiger partial charge in [0, 0.05) is 29.8 Å². The molecule has 0 radical (unpaired) electrons. The third kappa shape index (κ3) is 3.89. The van der Waals surface area contributed by atoms with E-state index in [1.165, 1.54) is 5.56 Å². The number of aromatic amines is 1. The summed E-state index contributed by atoms with van der Waals surface area (Å²) in [7, 11) is 2.04. The number of nitrogens with one attached hydrogen (secondary N) is 2. The fourth-order valence-electron chi connectivity index (χ4n) is 3.72. The molecule has 3 aromatic rings. The van der Waals surface area contributed by atoms with Gasteiger partial charge in [-0.25, -0.2) is 10.1 Å². The van der Waals surface area contributed by atoms with E-state index in [0.717, 1.165) is 40.6 Å². The van der Waals surface area contributed by atoms with Crippen molar-refractivity contribution in [3.05, 3.63) is 58.1 Å². The predicted molar refractivity (Wildman–Crippen MR) is 116 cm³/mol. The van der Waals surface area contributed by atoms with Gasteiger partial charge in [0.1, 0.15) is 10.7 Å². The Kier molecular flexibility index (Phi) is 5.01. The first-order chi connectivity index (χ1) is 14.1. The summed E-state index contributed by atoms with van der Waals surface area (Å²) in [6, 6.07) is 8.68. The third-order valence-corrected chi connectivity index (χ3v) is 7.22.